The molecule has 1 aromatic rings. The summed E-state index contributed by atoms with van der Waals surface area (Å²) >= 11 is 0. The van der Waals surface area contributed by atoms with Crippen LogP contribution in [0, 0.1) is 0 Å². The van der Waals surface area contributed by atoms with E-state index in [-0.39, 0.29) is 17.2 Å². The average molecular weight is 205 g/mol. The molecule has 15 heavy (non-hydrogen) atoms. The first-order valence-corrected chi connectivity index (χ1v) is 5.14. The summed E-state index contributed by atoms with van der Waals surface area (Å²) in [7, 11) is 0. The van der Waals surface area contributed by atoms with Crippen LogP contribution in [0.3, 0.4) is 0 Å². The van der Waals surface area contributed by atoms with Gasteiger partial charge in [-0.1, -0.05) is 6.07 Å². The van der Waals surface area contributed by atoms with Crippen LogP contribution in [-0.2, 0) is 5.41 Å². The number of carbonyl (C=O) groups is 1. The molecule has 0 heterocycles. The summed E-state index contributed by atoms with van der Waals surface area (Å²) in [6, 6.07) is 4.98. The molecule has 80 valence electrons. The van der Waals surface area contributed by atoms with Gasteiger partial charge in [0.05, 0.1) is 0 Å². The first-order valence-electron chi connectivity index (χ1n) is 5.14. The molecule has 1 aromatic carbocycles. The Hall–Kier alpha value is -1.35. The van der Waals surface area contributed by atoms with Gasteiger partial charge in [0.2, 0.25) is 0 Å². The van der Waals surface area contributed by atoms with Crippen molar-refractivity contribution < 1.29 is 9.90 Å². The lowest BCUT2D eigenvalue weighted by Crippen LogP contribution is -2.32. The van der Waals surface area contributed by atoms with Gasteiger partial charge < -0.3 is 10.8 Å². The molecular weight excluding hydrogens is 190 g/mol. The normalized spacial score (nSPS) is 19.6. The SMILES string of the molecule is CC(N)C1(c2ccc(O)cc2C=O)CC1. The van der Waals surface area contributed by atoms with Crippen LogP contribution in [0.25, 0.3) is 0 Å². The minimum atomic E-state index is -0.0378. The number of hydrogen-bond acceptors (Lipinski definition) is 3. The minimum absolute atomic E-state index is 0.0378. The van der Waals surface area contributed by atoms with Gasteiger partial charge in [-0.05, 0) is 37.5 Å². The Morgan fingerprint density at radius 1 is 1.53 bits per heavy atom. The minimum Gasteiger partial charge on any atom is -0.508 e. The number of hydrogen-bond donors (Lipinski definition) is 2. The van der Waals surface area contributed by atoms with Crippen molar-refractivity contribution in [2.75, 3.05) is 0 Å². The number of benzene rings is 1. The average Bonchev–Trinajstić information content (AvgIpc) is 2.98. The number of carbonyl (C=O) groups excluding carboxylic acids is 1. The second kappa shape index (κ2) is 3.35. The molecule has 0 saturated heterocycles. The number of rotatable bonds is 3. The van der Waals surface area contributed by atoms with Crippen molar-refractivity contribution in [1.29, 1.82) is 0 Å². The molecule has 1 unspecified atom stereocenters. The molecule has 0 spiro atoms. The highest BCUT2D eigenvalue weighted by atomic mass is 16.3. The van der Waals surface area contributed by atoms with Gasteiger partial charge in [0.15, 0.2) is 0 Å². The first-order chi connectivity index (χ1) is 7.10. The summed E-state index contributed by atoms with van der Waals surface area (Å²) in [6.07, 6.45) is 2.84. The van der Waals surface area contributed by atoms with Crippen molar-refractivity contribution in [1.82, 2.24) is 0 Å². The fraction of sp³-hybridized carbons (Fsp3) is 0.417. The Bertz CT molecular complexity index is 395. The smallest absolute Gasteiger partial charge is 0.150 e. The Kier molecular flexibility index (Phi) is 2.27. The van der Waals surface area contributed by atoms with Gasteiger partial charge in [-0.3, -0.25) is 4.79 Å². The van der Waals surface area contributed by atoms with Gasteiger partial charge in [0.1, 0.15) is 12.0 Å². The van der Waals surface area contributed by atoms with Crippen LogP contribution in [0.15, 0.2) is 18.2 Å². The quantitative estimate of drug-likeness (QED) is 0.736. The Balaban J connectivity index is 2.48. The highest BCUT2D eigenvalue weighted by molar-refractivity contribution is 5.79. The van der Waals surface area contributed by atoms with Crippen molar-refractivity contribution in [3.8, 4) is 5.75 Å². The van der Waals surface area contributed by atoms with E-state index in [1.165, 1.54) is 6.07 Å². The van der Waals surface area contributed by atoms with Gasteiger partial charge in [0, 0.05) is 17.0 Å². The molecule has 1 aliphatic carbocycles. The summed E-state index contributed by atoms with van der Waals surface area (Å²) in [6.45, 7) is 1.97. The van der Waals surface area contributed by atoms with E-state index in [2.05, 4.69) is 0 Å². The molecule has 1 fully saturated rings. The third-order valence-electron chi connectivity index (χ3n) is 3.36. The van der Waals surface area contributed by atoms with Crippen molar-refractivity contribution >= 4 is 6.29 Å². The number of nitrogens with two attached hydrogens (primary N) is 1. The highest BCUT2D eigenvalue weighted by Crippen LogP contribution is 2.51. The number of aldehydes is 1. The zero-order valence-corrected chi connectivity index (χ0v) is 8.73. The van der Waals surface area contributed by atoms with E-state index in [4.69, 9.17) is 5.73 Å². The topological polar surface area (TPSA) is 63.3 Å². The summed E-state index contributed by atoms with van der Waals surface area (Å²) in [4.78, 5) is 10.9. The maximum absolute atomic E-state index is 10.9. The second-order valence-electron chi connectivity index (χ2n) is 4.33. The lowest BCUT2D eigenvalue weighted by atomic mass is 9.86. The first kappa shape index (κ1) is 10.2. The molecule has 1 aliphatic rings. The van der Waals surface area contributed by atoms with Crippen LogP contribution in [0.2, 0.25) is 0 Å². The van der Waals surface area contributed by atoms with E-state index in [1.807, 2.05) is 13.0 Å². The number of phenolic OH excluding ortho intramolecular Hbond substituents is 1. The standard InChI is InChI=1S/C12H15NO2/c1-8(13)12(4-5-12)11-3-2-10(15)6-9(11)7-14/h2-3,6-8,15H,4-5,13H2,1H3. The predicted octanol–water partition coefficient (Wildman–Crippen LogP) is 1.58. The second-order valence-corrected chi connectivity index (χ2v) is 4.33. The highest BCUT2D eigenvalue weighted by Gasteiger charge is 2.48. The van der Waals surface area contributed by atoms with Crippen molar-refractivity contribution in [3.63, 3.8) is 0 Å². The molecule has 3 heteroatoms. The molecule has 1 atom stereocenters. The molecule has 0 aliphatic heterocycles. The molecule has 0 radical (unpaired) electrons. The lowest BCUT2D eigenvalue weighted by molar-refractivity contribution is 0.112. The molecule has 0 bridgehead atoms. The van der Waals surface area contributed by atoms with Crippen LogP contribution in [0.1, 0.15) is 35.7 Å². The van der Waals surface area contributed by atoms with Gasteiger partial charge in [-0.2, -0.15) is 0 Å². The molecule has 2 rings (SSSR count). The molecule has 0 aromatic heterocycles. The maximum Gasteiger partial charge on any atom is 0.150 e. The van der Waals surface area contributed by atoms with E-state index in [1.54, 1.807) is 6.07 Å². The van der Waals surface area contributed by atoms with E-state index in [9.17, 15) is 9.90 Å². The maximum atomic E-state index is 10.9. The molecule has 1 saturated carbocycles. The van der Waals surface area contributed by atoms with E-state index in [0.717, 1.165) is 24.7 Å². The van der Waals surface area contributed by atoms with E-state index >= 15 is 0 Å². The zero-order valence-electron chi connectivity index (χ0n) is 8.73. The van der Waals surface area contributed by atoms with Gasteiger partial charge in [-0.15, -0.1) is 0 Å². The Morgan fingerprint density at radius 2 is 2.20 bits per heavy atom. The molecule has 3 nitrogen and oxygen atoms in total. The number of phenols is 1. The fourth-order valence-corrected chi connectivity index (χ4v) is 2.21. The van der Waals surface area contributed by atoms with E-state index in [0.29, 0.717) is 5.56 Å². The summed E-state index contributed by atoms with van der Waals surface area (Å²) in [5.74, 6) is 0.126. The fourth-order valence-electron chi connectivity index (χ4n) is 2.21. The van der Waals surface area contributed by atoms with Gasteiger partial charge >= 0.3 is 0 Å². The third kappa shape index (κ3) is 1.53. The number of aromatic hydroxyl groups is 1. The van der Waals surface area contributed by atoms with Crippen LogP contribution >= 0.6 is 0 Å². The third-order valence-corrected chi connectivity index (χ3v) is 3.36. The zero-order chi connectivity index (χ0) is 11.1. The summed E-state index contributed by atoms with van der Waals surface area (Å²) < 4.78 is 0. The predicted molar refractivity (Wildman–Crippen MR) is 58.1 cm³/mol. The van der Waals surface area contributed by atoms with Crippen molar-refractivity contribution in [2.24, 2.45) is 5.73 Å². The van der Waals surface area contributed by atoms with Crippen LogP contribution in [0.4, 0.5) is 0 Å². The monoisotopic (exact) mass is 205 g/mol. The molecular formula is C12H15NO2. The van der Waals surface area contributed by atoms with Gasteiger partial charge in [0.25, 0.3) is 0 Å². The Labute approximate surface area is 88.9 Å². The van der Waals surface area contributed by atoms with Crippen LogP contribution < -0.4 is 5.73 Å². The lowest BCUT2D eigenvalue weighted by Gasteiger charge is -2.21. The largest absolute Gasteiger partial charge is 0.508 e. The van der Waals surface area contributed by atoms with E-state index < -0.39 is 0 Å². The summed E-state index contributed by atoms with van der Waals surface area (Å²) in [5, 5.41) is 9.30. The van der Waals surface area contributed by atoms with Crippen molar-refractivity contribution in [3.05, 3.63) is 29.3 Å². The molecule has 3 N–H and O–H groups in total. The van der Waals surface area contributed by atoms with Gasteiger partial charge in [-0.25, -0.2) is 0 Å². The molecule has 0 amide bonds. The van der Waals surface area contributed by atoms with Crippen molar-refractivity contribution in [2.45, 2.75) is 31.2 Å². The summed E-state index contributed by atoms with van der Waals surface area (Å²) in [5.41, 5.74) is 7.45. The Morgan fingerprint density at radius 3 is 2.67 bits per heavy atom. The van der Waals surface area contributed by atoms with Crippen LogP contribution in [0.5, 0.6) is 5.75 Å². The van der Waals surface area contributed by atoms with Crippen LogP contribution in [-0.4, -0.2) is 17.4 Å².